The summed E-state index contributed by atoms with van der Waals surface area (Å²) in [7, 11) is -4.79. The zero-order chi connectivity index (χ0) is 56.9. The molecule has 2 N–H and O–H groups in total. The maximum atomic E-state index is 12.9. The van der Waals surface area contributed by atoms with Gasteiger partial charge in [-0.3, -0.25) is 23.4 Å². The van der Waals surface area contributed by atoms with Gasteiger partial charge < -0.3 is 24.2 Å². The van der Waals surface area contributed by atoms with Gasteiger partial charge in [0, 0.05) is 19.3 Å². The van der Waals surface area contributed by atoms with Crippen molar-refractivity contribution in [2.24, 2.45) is 0 Å². The number of esters is 3. The number of allylic oxidation sites excluding steroid dienone is 24. The minimum absolute atomic E-state index is 0.0292. The molecule has 0 amide bonds. The Balaban J connectivity index is 4.89. The Morgan fingerprint density at radius 2 is 0.692 bits per heavy atom. The Hall–Kier alpha value is -4.64. The van der Waals surface area contributed by atoms with Gasteiger partial charge in [-0.15, -0.1) is 0 Å². The van der Waals surface area contributed by atoms with E-state index in [4.69, 9.17) is 23.3 Å². The van der Waals surface area contributed by atoms with Gasteiger partial charge in [0.2, 0.25) is 0 Å². The molecule has 0 aromatic rings. The molecule has 3 atom stereocenters. The number of hydrogen-bond acceptors (Lipinski definition) is 10. The molecule has 0 heterocycles. The molecule has 0 aliphatic carbocycles. The van der Waals surface area contributed by atoms with Gasteiger partial charge in [0.1, 0.15) is 12.7 Å². The molecule has 0 spiro atoms. The van der Waals surface area contributed by atoms with Crippen LogP contribution in [0.4, 0.5) is 0 Å². The number of rotatable bonds is 53. The lowest BCUT2D eigenvalue weighted by Gasteiger charge is -2.21. The molecule has 12 heteroatoms. The predicted molar refractivity (Wildman–Crippen MR) is 325 cm³/mol. The average molecular weight is 1110 g/mol. The Morgan fingerprint density at radius 3 is 1.10 bits per heavy atom. The van der Waals surface area contributed by atoms with Crippen LogP contribution in [0.3, 0.4) is 0 Å². The number of aliphatic hydroxyl groups is 1. The van der Waals surface area contributed by atoms with Crippen LogP contribution in [0.25, 0.3) is 0 Å². The van der Waals surface area contributed by atoms with Gasteiger partial charge in [-0.05, 0) is 128 Å². The zero-order valence-electron chi connectivity index (χ0n) is 48.6. The van der Waals surface area contributed by atoms with Crippen LogP contribution in [0, 0.1) is 0 Å². The van der Waals surface area contributed by atoms with E-state index in [1.165, 1.54) is 19.3 Å². The van der Waals surface area contributed by atoms with Crippen molar-refractivity contribution in [1.29, 1.82) is 0 Å². The number of carbonyl (C=O) groups is 3. The molecule has 0 aromatic carbocycles. The van der Waals surface area contributed by atoms with E-state index in [2.05, 4.69) is 154 Å². The number of aliphatic hydroxyl groups excluding tert-OH is 1. The molecule has 0 fully saturated rings. The van der Waals surface area contributed by atoms with Crippen LogP contribution < -0.4 is 0 Å². The largest absolute Gasteiger partial charge is 0.472 e. The van der Waals surface area contributed by atoms with Gasteiger partial charge in [0.25, 0.3) is 0 Å². The lowest BCUT2D eigenvalue weighted by Crippen LogP contribution is -2.30. The van der Waals surface area contributed by atoms with Crippen LogP contribution in [0.15, 0.2) is 146 Å². The molecule has 3 unspecified atom stereocenters. The van der Waals surface area contributed by atoms with Crippen molar-refractivity contribution in [3.8, 4) is 0 Å². The Labute approximate surface area is 473 Å². The van der Waals surface area contributed by atoms with Gasteiger partial charge in [0.05, 0.1) is 19.8 Å². The Morgan fingerprint density at radius 1 is 0.372 bits per heavy atom. The summed E-state index contributed by atoms with van der Waals surface area (Å²) >= 11 is 0. The monoisotopic (exact) mass is 1100 g/mol. The van der Waals surface area contributed by atoms with Crippen molar-refractivity contribution < 1.29 is 52.2 Å². The fourth-order valence-corrected chi connectivity index (χ4v) is 8.07. The molecule has 0 saturated heterocycles. The van der Waals surface area contributed by atoms with E-state index in [1.807, 2.05) is 12.2 Å². The number of ether oxygens (including phenoxy) is 3. The SMILES string of the molecule is CC/C=C\C/C=C\C/C=C\C/C=C\C/C=C\C/C=C\CCC(=O)OC(COC(=O)CCCCCCC/C=C\C/C=C\CCCCC)COP(=O)(O)OCC(CO)OC(=O)CCCCCC/C=C\C/C=C\C/C=C\C/C=C\CC. The summed E-state index contributed by atoms with van der Waals surface area (Å²) in [5, 5.41) is 9.83. The molecule has 0 bridgehead atoms. The summed E-state index contributed by atoms with van der Waals surface area (Å²) in [6.07, 6.45) is 75.3. The van der Waals surface area contributed by atoms with Crippen molar-refractivity contribution in [1.82, 2.24) is 0 Å². The minimum atomic E-state index is -4.79. The van der Waals surface area contributed by atoms with Crippen molar-refractivity contribution in [2.45, 2.75) is 226 Å². The Kier molecular flexibility index (Phi) is 55.0. The highest BCUT2D eigenvalue weighted by Gasteiger charge is 2.28. The van der Waals surface area contributed by atoms with Gasteiger partial charge >= 0.3 is 25.7 Å². The standard InChI is InChI=1S/C66H105O11P/c1-4-7-10-13-16-19-22-25-28-30-31-33-36-39-42-45-48-51-54-57-66(70)77-63(59-73-64(68)55-52-49-46-43-40-37-34-27-24-21-18-15-12-9-6-3)61-75-78(71,72)74-60-62(58-67)76-65(69)56-53-50-47-44-41-38-35-32-29-26-23-20-17-14-11-8-5-2/h7-8,10-11,16-21,25-29,31,33-35,38-39,42,48,51,62-63,67H,4-6,9,12-15,22-24,30,32,36-37,40-41,43-47,49-50,52-61H2,1-3H3,(H,71,72)/b10-7-,11-8-,19-16-,20-17-,21-18-,28-25-,29-26-,33-31-,34-27-,38-35-,42-39-,51-48-. The molecule has 0 rings (SSSR count). The van der Waals surface area contributed by atoms with Crippen molar-refractivity contribution in [3.05, 3.63) is 146 Å². The smallest absolute Gasteiger partial charge is 0.462 e. The van der Waals surface area contributed by atoms with Crippen LogP contribution in [0.5, 0.6) is 0 Å². The quantitative estimate of drug-likeness (QED) is 0.0197. The van der Waals surface area contributed by atoms with Gasteiger partial charge in [0.15, 0.2) is 6.10 Å². The number of carbonyl (C=O) groups excluding carboxylic acids is 3. The molecule has 11 nitrogen and oxygen atoms in total. The molecule has 440 valence electrons. The number of phosphoric acid groups is 1. The highest BCUT2D eigenvalue weighted by Crippen LogP contribution is 2.43. The van der Waals surface area contributed by atoms with E-state index in [-0.39, 0.29) is 25.9 Å². The van der Waals surface area contributed by atoms with E-state index in [9.17, 15) is 28.9 Å². The second-order valence-electron chi connectivity index (χ2n) is 19.0. The van der Waals surface area contributed by atoms with Crippen LogP contribution in [-0.4, -0.2) is 66.5 Å². The average Bonchev–Trinajstić information content (AvgIpc) is 3.43. The first-order valence-electron chi connectivity index (χ1n) is 29.7. The topological polar surface area (TPSA) is 155 Å². The molecule has 0 radical (unpaired) electrons. The Bertz CT molecular complexity index is 1860. The molecule has 0 aliphatic rings. The fourth-order valence-electron chi connectivity index (χ4n) is 7.28. The lowest BCUT2D eigenvalue weighted by molar-refractivity contribution is -0.161. The number of hydrogen-bond donors (Lipinski definition) is 2. The number of unbranched alkanes of at least 4 members (excludes halogenated alkanes) is 12. The van der Waals surface area contributed by atoms with Crippen LogP contribution in [0.2, 0.25) is 0 Å². The molecule has 0 saturated carbocycles. The van der Waals surface area contributed by atoms with E-state index in [0.29, 0.717) is 25.7 Å². The van der Waals surface area contributed by atoms with Crippen molar-refractivity contribution in [3.63, 3.8) is 0 Å². The van der Waals surface area contributed by atoms with E-state index in [0.717, 1.165) is 128 Å². The third-order valence-electron chi connectivity index (χ3n) is 11.7. The molecular weight excluding hydrogens is 1000 g/mol. The zero-order valence-corrected chi connectivity index (χ0v) is 49.5. The molecule has 78 heavy (non-hydrogen) atoms. The summed E-state index contributed by atoms with van der Waals surface area (Å²) in [5.74, 6) is -1.62. The normalized spacial score (nSPS) is 14.4. The first-order valence-corrected chi connectivity index (χ1v) is 31.2. The summed E-state index contributed by atoms with van der Waals surface area (Å²) in [6.45, 7) is 4.24. The van der Waals surface area contributed by atoms with Gasteiger partial charge in [-0.25, -0.2) is 4.57 Å². The third kappa shape index (κ3) is 56.1. The first kappa shape index (κ1) is 73.4. The summed E-state index contributed by atoms with van der Waals surface area (Å²) in [4.78, 5) is 48.6. The van der Waals surface area contributed by atoms with Crippen molar-refractivity contribution in [2.75, 3.05) is 26.4 Å². The van der Waals surface area contributed by atoms with Crippen LogP contribution >= 0.6 is 7.82 Å². The van der Waals surface area contributed by atoms with Crippen LogP contribution in [0.1, 0.15) is 213 Å². The molecule has 0 aromatic heterocycles. The minimum Gasteiger partial charge on any atom is -0.462 e. The van der Waals surface area contributed by atoms with E-state index >= 15 is 0 Å². The van der Waals surface area contributed by atoms with Crippen LogP contribution in [-0.2, 0) is 42.2 Å². The van der Waals surface area contributed by atoms with E-state index in [1.54, 1.807) is 0 Å². The fraction of sp³-hybridized carbons (Fsp3) is 0.591. The second kappa shape index (κ2) is 58.5. The molecule has 0 aliphatic heterocycles. The van der Waals surface area contributed by atoms with Gasteiger partial charge in [-0.2, -0.15) is 0 Å². The predicted octanol–water partition coefficient (Wildman–Crippen LogP) is 17.9. The van der Waals surface area contributed by atoms with Gasteiger partial charge in [-0.1, -0.05) is 212 Å². The summed E-state index contributed by atoms with van der Waals surface area (Å²) in [5.41, 5.74) is 0. The summed E-state index contributed by atoms with van der Waals surface area (Å²) in [6, 6.07) is 0. The molecular formula is C66H105O11P. The summed E-state index contributed by atoms with van der Waals surface area (Å²) < 4.78 is 39.4. The lowest BCUT2D eigenvalue weighted by atomic mass is 10.1. The maximum Gasteiger partial charge on any atom is 0.472 e. The first-order chi connectivity index (χ1) is 38.2. The second-order valence-corrected chi connectivity index (χ2v) is 20.5. The highest BCUT2D eigenvalue weighted by atomic mass is 31.2. The third-order valence-corrected chi connectivity index (χ3v) is 12.7. The highest BCUT2D eigenvalue weighted by molar-refractivity contribution is 7.47. The van der Waals surface area contributed by atoms with E-state index < -0.39 is 57.8 Å². The number of phosphoric ester groups is 1. The van der Waals surface area contributed by atoms with Crippen molar-refractivity contribution >= 4 is 25.7 Å². The maximum absolute atomic E-state index is 12.9.